The molecule has 8 nitrogen and oxygen atoms in total. The van der Waals surface area contributed by atoms with Gasteiger partial charge in [-0.2, -0.15) is 0 Å². The molecular formula is C35H44N4O4. The lowest BCUT2D eigenvalue weighted by Crippen LogP contribution is -2.58. The van der Waals surface area contributed by atoms with E-state index in [1.807, 2.05) is 28.8 Å². The summed E-state index contributed by atoms with van der Waals surface area (Å²) in [5, 5.41) is 9.65. The number of benzene rings is 1. The van der Waals surface area contributed by atoms with Gasteiger partial charge in [0.15, 0.2) is 0 Å². The maximum absolute atomic E-state index is 14.4. The fraction of sp³-hybridized carbons (Fsp3) is 0.600. The van der Waals surface area contributed by atoms with Crippen molar-refractivity contribution in [2.75, 3.05) is 0 Å². The first kappa shape index (κ1) is 28.5. The molecule has 0 amide bonds. The lowest BCUT2D eigenvalue weighted by molar-refractivity contribution is -0.147. The Morgan fingerprint density at radius 1 is 0.837 bits per heavy atom. The summed E-state index contributed by atoms with van der Waals surface area (Å²) < 4.78 is 3.35. The number of nitrogens with zero attached hydrogens (tertiary/aromatic N) is 4. The number of hydrogen-bond donors (Lipinski definition) is 1. The Labute approximate surface area is 252 Å². The second-order valence-corrected chi connectivity index (χ2v) is 14.5. The van der Waals surface area contributed by atoms with E-state index < -0.39 is 16.9 Å². The van der Waals surface area contributed by atoms with Crippen LogP contribution in [-0.2, 0) is 11.3 Å². The molecule has 3 aromatic rings. The highest BCUT2D eigenvalue weighted by atomic mass is 16.4. The number of aliphatic carboxylic acids is 1. The quantitative estimate of drug-likeness (QED) is 0.390. The number of carbonyl (C=O) groups is 1. The van der Waals surface area contributed by atoms with Crippen LogP contribution in [0.4, 0.5) is 0 Å². The number of aromatic nitrogens is 3. The van der Waals surface area contributed by atoms with Gasteiger partial charge in [0.1, 0.15) is 5.69 Å². The summed E-state index contributed by atoms with van der Waals surface area (Å²) in [6.07, 6.45) is 15.4. The molecule has 2 aliphatic heterocycles. The molecule has 0 spiro atoms. The van der Waals surface area contributed by atoms with Crippen molar-refractivity contribution >= 4 is 17.0 Å². The number of hydrogen-bond acceptors (Lipinski definition) is 5. The van der Waals surface area contributed by atoms with Crippen molar-refractivity contribution in [1.82, 2.24) is 19.0 Å². The van der Waals surface area contributed by atoms with Crippen LogP contribution < -0.4 is 11.1 Å². The van der Waals surface area contributed by atoms with Gasteiger partial charge in [0.2, 0.25) is 0 Å². The van der Waals surface area contributed by atoms with E-state index in [0.717, 1.165) is 30.2 Å². The molecular weight excluding hydrogens is 540 g/mol. The molecule has 2 aliphatic carbocycles. The monoisotopic (exact) mass is 584 g/mol. The zero-order valence-electron chi connectivity index (χ0n) is 25.5. The highest BCUT2D eigenvalue weighted by Gasteiger charge is 2.45. The molecule has 2 saturated heterocycles. The molecule has 4 bridgehead atoms. The van der Waals surface area contributed by atoms with Gasteiger partial charge in [-0.15, -0.1) is 0 Å². The molecule has 2 aromatic heterocycles. The van der Waals surface area contributed by atoms with Gasteiger partial charge < -0.3 is 14.2 Å². The topological polar surface area (TPSA) is 97.4 Å². The average Bonchev–Trinajstić information content (AvgIpc) is 2.97. The third-order valence-corrected chi connectivity index (χ3v) is 11.1. The van der Waals surface area contributed by atoms with Crippen LogP contribution in [0.3, 0.4) is 0 Å². The summed E-state index contributed by atoms with van der Waals surface area (Å²) in [6.45, 7) is 3.19. The van der Waals surface area contributed by atoms with E-state index in [4.69, 9.17) is 4.98 Å². The molecule has 4 fully saturated rings. The summed E-state index contributed by atoms with van der Waals surface area (Å²) in [7, 11) is 0. The predicted octanol–water partition coefficient (Wildman–Crippen LogP) is 5.86. The number of rotatable bonds is 6. The van der Waals surface area contributed by atoms with Crippen LogP contribution in [0.5, 0.6) is 0 Å². The Kier molecular flexibility index (Phi) is 7.31. The fourth-order valence-electron chi connectivity index (χ4n) is 9.16. The SMILES string of the molecule is CC(C)(Cn1cccc(-c2nc3ccccc3n(C3C[C@H]4CCC[C@@H](C3)N4C3C[C@H]4CCC[C@@H](C3)C4)c2=O)c1=O)C(=O)O. The van der Waals surface area contributed by atoms with Gasteiger partial charge in [-0.1, -0.05) is 37.8 Å². The van der Waals surface area contributed by atoms with E-state index in [1.165, 1.54) is 62.4 Å². The molecule has 43 heavy (non-hydrogen) atoms. The number of carboxylic acids is 1. The molecule has 2 unspecified atom stereocenters. The van der Waals surface area contributed by atoms with Crippen molar-refractivity contribution in [3.63, 3.8) is 0 Å². The highest BCUT2D eigenvalue weighted by Crippen LogP contribution is 2.47. The van der Waals surface area contributed by atoms with Gasteiger partial charge in [0.25, 0.3) is 11.1 Å². The van der Waals surface area contributed by atoms with Crippen molar-refractivity contribution in [3.05, 3.63) is 63.3 Å². The van der Waals surface area contributed by atoms with E-state index in [1.54, 1.807) is 32.2 Å². The molecule has 2 saturated carbocycles. The van der Waals surface area contributed by atoms with Crippen molar-refractivity contribution in [3.8, 4) is 11.3 Å². The smallest absolute Gasteiger partial charge is 0.310 e. The second kappa shape index (κ2) is 11.0. The predicted molar refractivity (Wildman–Crippen MR) is 167 cm³/mol. The molecule has 6 atom stereocenters. The van der Waals surface area contributed by atoms with Gasteiger partial charge in [0.05, 0.1) is 22.0 Å². The maximum atomic E-state index is 14.4. The Balaban J connectivity index is 1.26. The highest BCUT2D eigenvalue weighted by molar-refractivity contribution is 5.78. The Morgan fingerprint density at radius 2 is 1.51 bits per heavy atom. The van der Waals surface area contributed by atoms with Crippen LogP contribution in [0.2, 0.25) is 0 Å². The van der Waals surface area contributed by atoms with E-state index in [-0.39, 0.29) is 29.4 Å². The molecule has 8 heteroatoms. The first-order valence-electron chi connectivity index (χ1n) is 16.4. The molecule has 4 aliphatic rings. The minimum absolute atomic E-state index is 0.00147. The van der Waals surface area contributed by atoms with Crippen LogP contribution in [0.15, 0.2) is 52.2 Å². The number of fused-ring (bicyclic) bond motifs is 5. The summed E-state index contributed by atoms with van der Waals surface area (Å²) in [6, 6.07) is 12.8. The van der Waals surface area contributed by atoms with Crippen molar-refractivity contribution in [2.45, 2.75) is 115 Å². The van der Waals surface area contributed by atoms with Gasteiger partial charge in [0, 0.05) is 36.9 Å². The van der Waals surface area contributed by atoms with Crippen molar-refractivity contribution in [2.24, 2.45) is 17.3 Å². The van der Waals surface area contributed by atoms with Crippen molar-refractivity contribution < 1.29 is 9.90 Å². The molecule has 228 valence electrons. The molecule has 0 radical (unpaired) electrons. The zero-order chi connectivity index (χ0) is 29.9. The first-order chi connectivity index (χ1) is 20.7. The zero-order valence-corrected chi connectivity index (χ0v) is 25.5. The minimum atomic E-state index is -1.14. The van der Waals surface area contributed by atoms with Crippen LogP contribution in [0, 0.1) is 17.3 Å². The van der Waals surface area contributed by atoms with Crippen LogP contribution in [0.1, 0.15) is 90.5 Å². The van der Waals surface area contributed by atoms with Gasteiger partial charge in [-0.05, 0) is 94.9 Å². The van der Waals surface area contributed by atoms with Crippen LogP contribution in [0.25, 0.3) is 22.3 Å². The van der Waals surface area contributed by atoms with E-state index in [2.05, 4.69) is 4.90 Å². The molecule has 7 rings (SSSR count). The number of piperidine rings is 2. The lowest BCUT2D eigenvalue weighted by atomic mass is 9.68. The third kappa shape index (κ3) is 5.15. The van der Waals surface area contributed by atoms with Gasteiger partial charge in [-0.25, -0.2) is 4.98 Å². The second-order valence-electron chi connectivity index (χ2n) is 14.5. The fourth-order valence-corrected chi connectivity index (χ4v) is 9.16. The normalized spacial score (nSPS) is 29.4. The molecule has 1 N–H and O–H groups in total. The van der Waals surface area contributed by atoms with E-state index in [9.17, 15) is 19.5 Å². The van der Waals surface area contributed by atoms with Crippen LogP contribution >= 0.6 is 0 Å². The van der Waals surface area contributed by atoms with Crippen molar-refractivity contribution in [1.29, 1.82) is 0 Å². The Morgan fingerprint density at radius 3 is 2.21 bits per heavy atom. The van der Waals surface area contributed by atoms with E-state index in [0.29, 0.717) is 23.6 Å². The van der Waals surface area contributed by atoms with Crippen LogP contribution in [-0.4, -0.2) is 48.2 Å². The first-order valence-corrected chi connectivity index (χ1v) is 16.4. The summed E-state index contributed by atoms with van der Waals surface area (Å²) in [4.78, 5) is 47.5. The largest absolute Gasteiger partial charge is 0.481 e. The standard InChI is InChI=1S/C35H44N4O4/c1-35(2,34(42)43)21-37-15-7-12-28(32(37)40)31-33(41)39(30-14-4-3-13-29(30)36-31)27-19-24-10-6-11-25(20-27)38(24)26-17-22-8-5-9-23(16-22)18-26/h3-4,7,12-15,22-27H,5-6,8-11,16-21H2,1-2H3,(H,42,43)/t22-,23+,24-,25+,26?,27?. The summed E-state index contributed by atoms with van der Waals surface area (Å²) >= 11 is 0. The molecule has 1 aromatic carbocycles. The molecule has 4 heterocycles. The average molecular weight is 585 g/mol. The minimum Gasteiger partial charge on any atom is -0.481 e. The van der Waals surface area contributed by atoms with E-state index >= 15 is 0 Å². The van der Waals surface area contributed by atoms with Gasteiger partial charge in [-0.3, -0.25) is 19.3 Å². The number of para-hydroxylation sites is 2. The number of carboxylic acid groups (broad SMARTS) is 1. The summed E-state index contributed by atoms with van der Waals surface area (Å²) in [5.41, 5.74) is 0.141. The van der Waals surface area contributed by atoms with Gasteiger partial charge >= 0.3 is 5.97 Å². The maximum Gasteiger partial charge on any atom is 0.310 e. The number of pyridine rings is 1. The third-order valence-electron chi connectivity index (χ3n) is 11.1. The lowest BCUT2D eigenvalue weighted by Gasteiger charge is -2.55. The summed E-state index contributed by atoms with van der Waals surface area (Å²) in [5.74, 6) is 0.798. The Bertz CT molecular complexity index is 1630. The Hall–Kier alpha value is -3.26.